The molecule has 1 aromatic carbocycles. The van der Waals surface area contributed by atoms with E-state index in [1.54, 1.807) is 0 Å². The van der Waals surface area contributed by atoms with Crippen LogP contribution in [0.4, 0.5) is 11.4 Å². The largest absolute Gasteiger partial charge is 0.506 e. The lowest BCUT2D eigenvalue weighted by atomic mass is 10.0. The van der Waals surface area contributed by atoms with Crippen LogP contribution in [0.5, 0.6) is 5.75 Å². The Morgan fingerprint density at radius 2 is 1.95 bits per heavy atom. The lowest BCUT2D eigenvalue weighted by Gasteiger charge is -2.06. The first-order valence-electron chi connectivity index (χ1n) is 6.86. The Hall–Kier alpha value is -2.11. The van der Waals surface area contributed by atoms with Gasteiger partial charge >= 0.3 is 0 Å². The zero-order valence-corrected chi connectivity index (χ0v) is 10.9. The summed E-state index contributed by atoms with van der Waals surface area (Å²) in [5, 5.41) is 23.0. The predicted molar refractivity (Wildman–Crippen MR) is 72.3 cm³/mol. The van der Waals surface area contributed by atoms with Crippen molar-refractivity contribution < 1.29 is 14.8 Å². The molecule has 20 heavy (non-hydrogen) atoms. The number of hydrogen-bond acceptors (Lipinski definition) is 4. The van der Waals surface area contributed by atoms with E-state index < -0.39 is 4.92 Å². The summed E-state index contributed by atoms with van der Waals surface area (Å²) in [6, 6.07) is 3.63. The number of nitrogens with zero attached hydrogens (tertiary/aromatic N) is 1. The summed E-state index contributed by atoms with van der Waals surface area (Å²) in [6.45, 7) is 0. The van der Waals surface area contributed by atoms with Crippen molar-refractivity contribution in [1.82, 2.24) is 0 Å². The molecule has 1 aromatic rings. The molecule has 0 spiro atoms. The van der Waals surface area contributed by atoms with Crippen LogP contribution in [-0.4, -0.2) is 15.9 Å². The third-order valence-corrected chi connectivity index (χ3v) is 4.41. The molecule has 1 amide bonds. The number of rotatable bonds is 3. The van der Waals surface area contributed by atoms with Gasteiger partial charge in [0, 0.05) is 18.1 Å². The molecular weight excluding hydrogens is 260 g/mol. The minimum atomic E-state index is -0.550. The number of fused-ring (bicyclic) bond motifs is 1. The van der Waals surface area contributed by atoms with Gasteiger partial charge in [-0.25, -0.2) is 0 Å². The summed E-state index contributed by atoms with van der Waals surface area (Å²) < 4.78 is 0. The average molecular weight is 276 g/mol. The second-order valence-electron chi connectivity index (χ2n) is 5.59. The molecule has 2 N–H and O–H groups in total. The van der Waals surface area contributed by atoms with E-state index in [4.69, 9.17) is 0 Å². The number of carbonyl (C=O) groups is 1. The highest BCUT2D eigenvalue weighted by Gasteiger charge is 2.54. The molecule has 2 saturated carbocycles. The number of non-ortho nitro benzene ring substituents is 1. The van der Waals surface area contributed by atoms with Gasteiger partial charge in [0.15, 0.2) is 0 Å². The fourth-order valence-corrected chi connectivity index (χ4v) is 3.33. The molecule has 0 saturated heterocycles. The zero-order chi connectivity index (χ0) is 14.3. The van der Waals surface area contributed by atoms with E-state index in [0.717, 1.165) is 12.8 Å². The average Bonchev–Trinajstić information content (AvgIpc) is 3.15. The van der Waals surface area contributed by atoms with Gasteiger partial charge in [-0.15, -0.1) is 0 Å². The maximum absolute atomic E-state index is 12.2. The van der Waals surface area contributed by atoms with Gasteiger partial charge in [0.25, 0.3) is 5.69 Å². The lowest BCUT2D eigenvalue weighted by molar-refractivity contribution is -0.384. The molecule has 0 bridgehead atoms. The van der Waals surface area contributed by atoms with E-state index >= 15 is 0 Å². The summed E-state index contributed by atoms with van der Waals surface area (Å²) in [6.07, 6.45) is 4.52. The van der Waals surface area contributed by atoms with Gasteiger partial charge in [0.1, 0.15) is 5.75 Å². The van der Waals surface area contributed by atoms with Crippen LogP contribution < -0.4 is 5.32 Å². The first-order chi connectivity index (χ1) is 9.58. The molecule has 0 heterocycles. The fourth-order valence-electron chi connectivity index (χ4n) is 3.33. The van der Waals surface area contributed by atoms with Crippen LogP contribution in [0.1, 0.15) is 25.7 Å². The number of phenolic OH excluding ortho intramolecular Hbond substituents is 1. The molecule has 2 aliphatic carbocycles. The molecule has 2 fully saturated rings. The van der Waals surface area contributed by atoms with Gasteiger partial charge in [-0.2, -0.15) is 0 Å². The number of hydrogen-bond donors (Lipinski definition) is 2. The maximum atomic E-state index is 12.2. The SMILES string of the molecule is O=C(Nc1cc([N+](=O)[O-])ccc1O)C1C2CCCCC21. The Kier molecular flexibility index (Phi) is 3.08. The van der Waals surface area contributed by atoms with E-state index in [0.29, 0.717) is 11.8 Å². The summed E-state index contributed by atoms with van der Waals surface area (Å²) in [5.41, 5.74) is -0.0286. The summed E-state index contributed by atoms with van der Waals surface area (Å²) >= 11 is 0. The molecule has 106 valence electrons. The van der Waals surface area contributed by atoms with Crippen LogP contribution in [0.3, 0.4) is 0 Å². The Bertz CT molecular complexity index is 560. The van der Waals surface area contributed by atoms with Crippen LogP contribution in [0, 0.1) is 27.9 Å². The summed E-state index contributed by atoms with van der Waals surface area (Å²) in [7, 11) is 0. The summed E-state index contributed by atoms with van der Waals surface area (Å²) in [4.78, 5) is 22.3. The molecule has 6 nitrogen and oxygen atoms in total. The first kappa shape index (κ1) is 12.9. The van der Waals surface area contributed by atoms with Crippen LogP contribution >= 0.6 is 0 Å². The van der Waals surface area contributed by atoms with Gasteiger partial charge in [-0.05, 0) is 30.7 Å². The van der Waals surface area contributed by atoms with Crippen molar-refractivity contribution in [2.45, 2.75) is 25.7 Å². The second-order valence-corrected chi connectivity index (χ2v) is 5.59. The Labute approximate surface area is 115 Å². The van der Waals surface area contributed by atoms with Gasteiger partial charge in [-0.1, -0.05) is 12.8 Å². The summed E-state index contributed by atoms with van der Waals surface area (Å²) in [5.74, 6) is 0.663. The van der Waals surface area contributed by atoms with Crippen molar-refractivity contribution in [3.63, 3.8) is 0 Å². The van der Waals surface area contributed by atoms with Crippen molar-refractivity contribution >= 4 is 17.3 Å². The standard InChI is InChI=1S/C14H16N2O4/c17-12-6-5-8(16(19)20)7-11(12)15-14(18)13-9-3-1-2-4-10(9)13/h5-7,9-10,13,17H,1-4H2,(H,15,18). The molecule has 0 aromatic heterocycles. The number of nitro groups is 1. The molecule has 6 heteroatoms. The molecule has 2 aliphatic rings. The molecule has 2 atom stereocenters. The smallest absolute Gasteiger partial charge is 0.271 e. The van der Waals surface area contributed by atoms with E-state index in [1.165, 1.54) is 31.0 Å². The number of anilines is 1. The monoisotopic (exact) mass is 276 g/mol. The van der Waals surface area contributed by atoms with Crippen molar-refractivity contribution in [1.29, 1.82) is 0 Å². The van der Waals surface area contributed by atoms with Gasteiger partial charge in [0.2, 0.25) is 5.91 Å². The number of nitro benzene ring substituents is 1. The third-order valence-electron chi connectivity index (χ3n) is 4.41. The highest BCUT2D eigenvalue weighted by Crippen LogP contribution is 2.55. The minimum absolute atomic E-state index is 0.0103. The minimum Gasteiger partial charge on any atom is -0.506 e. The quantitative estimate of drug-likeness (QED) is 0.504. The lowest BCUT2D eigenvalue weighted by Crippen LogP contribution is -2.15. The molecular formula is C14H16N2O4. The number of carbonyl (C=O) groups excluding carboxylic acids is 1. The maximum Gasteiger partial charge on any atom is 0.271 e. The van der Waals surface area contributed by atoms with Crippen molar-refractivity contribution in [3.05, 3.63) is 28.3 Å². The Morgan fingerprint density at radius 3 is 2.55 bits per heavy atom. The number of aromatic hydroxyl groups is 1. The molecule has 0 radical (unpaired) electrons. The highest BCUT2D eigenvalue weighted by atomic mass is 16.6. The van der Waals surface area contributed by atoms with E-state index in [1.807, 2.05) is 0 Å². The number of phenols is 1. The zero-order valence-electron chi connectivity index (χ0n) is 10.9. The topological polar surface area (TPSA) is 92.5 Å². The normalized spacial score (nSPS) is 27.5. The third kappa shape index (κ3) is 2.21. The second kappa shape index (κ2) is 4.77. The van der Waals surface area contributed by atoms with E-state index in [9.17, 15) is 20.0 Å². The van der Waals surface area contributed by atoms with Crippen LogP contribution in [0.25, 0.3) is 0 Å². The van der Waals surface area contributed by atoms with Crippen molar-refractivity contribution in [2.24, 2.45) is 17.8 Å². The molecule has 0 aliphatic heterocycles. The van der Waals surface area contributed by atoms with Crippen LogP contribution in [0.2, 0.25) is 0 Å². The van der Waals surface area contributed by atoms with Crippen molar-refractivity contribution in [3.8, 4) is 5.75 Å². The van der Waals surface area contributed by atoms with Gasteiger partial charge in [-0.3, -0.25) is 14.9 Å². The number of benzene rings is 1. The molecule has 2 unspecified atom stereocenters. The van der Waals surface area contributed by atoms with Crippen LogP contribution in [-0.2, 0) is 4.79 Å². The fraction of sp³-hybridized carbons (Fsp3) is 0.500. The molecule has 3 rings (SSSR count). The predicted octanol–water partition coefficient (Wildman–Crippen LogP) is 2.68. The number of amides is 1. The van der Waals surface area contributed by atoms with Crippen LogP contribution in [0.15, 0.2) is 18.2 Å². The van der Waals surface area contributed by atoms with Crippen molar-refractivity contribution in [2.75, 3.05) is 5.32 Å². The van der Waals surface area contributed by atoms with E-state index in [2.05, 4.69) is 5.32 Å². The van der Waals surface area contributed by atoms with E-state index in [-0.39, 0.29) is 28.9 Å². The first-order valence-corrected chi connectivity index (χ1v) is 6.86. The number of nitrogens with one attached hydrogen (secondary N) is 1. The van der Waals surface area contributed by atoms with Gasteiger partial charge < -0.3 is 10.4 Å². The Morgan fingerprint density at radius 1 is 1.30 bits per heavy atom. The highest BCUT2D eigenvalue weighted by molar-refractivity contribution is 5.96. The Balaban J connectivity index is 1.73. The van der Waals surface area contributed by atoms with Gasteiger partial charge in [0.05, 0.1) is 10.6 Å².